The molecule has 0 saturated carbocycles. The van der Waals surface area contributed by atoms with Gasteiger partial charge in [0.15, 0.2) is 0 Å². The van der Waals surface area contributed by atoms with Crippen molar-refractivity contribution >= 4 is 17.2 Å². The summed E-state index contributed by atoms with van der Waals surface area (Å²) < 4.78 is 0. The van der Waals surface area contributed by atoms with Crippen molar-refractivity contribution in [3.05, 3.63) is 21.9 Å². The Hall–Kier alpha value is -0.830. The number of rotatable bonds is 6. The molecule has 0 radical (unpaired) electrons. The SMILES string of the molecule is CCCCCCNC(=O)c1ccc(C)s1. The molecule has 1 rings (SSSR count). The van der Waals surface area contributed by atoms with Crippen LogP contribution in [-0.2, 0) is 0 Å². The third-order valence-corrected chi connectivity index (χ3v) is 3.28. The van der Waals surface area contributed by atoms with Crippen LogP contribution in [0.1, 0.15) is 47.2 Å². The number of thiophene rings is 1. The maximum Gasteiger partial charge on any atom is 0.261 e. The number of carbonyl (C=O) groups is 1. The van der Waals surface area contributed by atoms with E-state index in [1.165, 1.54) is 24.1 Å². The normalized spacial score (nSPS) is 10.3. The molecular formula is C12H19NOS. The van der Waals surface area contributed by atoms with Crippen LogP contribution in [0.5, 0.6) is 0 Å². The summed E-state index contributed by atoms with van der Waals surface area (Å²) in [6, 6.07) is 3.87. The molecule has 15 heavy (non-hydrogen) atoms. The fraction of sp³-hybridized carbons (Fsp3) is 0.583. The molecule has 0 aromatic carbocycles. The molecule has 84 valence electrons. The van der Waals surface area contributed by atoms with Gasteiger partial charge in [-0.25, -0.2) is 0 Å². The smallest absolute Gasteiger partial charge is 0.261 e. The molecule has 1 aromatic rings. The summed E-state index contributed by atoms with van der Waals surface area (Å²) in [5.74, 6) is 0.0737. The Morgan fingerprint density at radius 2 is 2.13 bits per heavy atom. The minimum Gasteiger partial charge on any atom is -0.351 e. The fourth-order valence-corrected chi connectivity index (χ4v) is 2.18. The molecule has 0 atom stereocenters. The highest BCUT2D eigenvalue weighted by molar-refractivity contribution is 7.13. The molecule has 1 amide bonds. The highest BCUT2D eigenvalue weighted by atomic mass is 32.1. The first-order valence-corrected chi connectivity index (χ1v) is 6.40. The molecule has 3 heteroatoms. The van der Waals surface area contributed by atoms with Crippen LogP contribution in [0.3, 0.4) is 0 Å². The summed E-state index contributed by atoms with van der Waals surface area (Å²) in [4.78, 5) is 13.6. The monoisotopic (exact) mass is 225 g/mol. The predicted octanol–water partition coefficient (Wildman–Crippen LogP) is 3.37. The van der Waals surface area contributed by atoms with Gasteiger partial charge in [-0.1, -0.05) is 26.2 Å². The van der Waals surface area contributed by atoms with Crippen LogP contribution in [0, 0.1) is 6.92 Å². The van der Waals surface area contributed by atoms with Gasteiger partial charge in [-0.15, -0.1) is 11.3 Å². The zero-order chi connectivity index (χ0) is 11.1. The number of aryl methyl sites for hydroxylation is 1. The van der Waals surface area contributed by atoms with Gasteiger partial charge in [0.25, 0.3) is 5.91 Å². The van der Waals surface area contributed by atoms with Gasteiger partial charge >= 0.3 is 0 Å². The Balaban J connectivity index is 2.19. The third-order valence-electron chi connectivity index (χ3n) is 2.28. The van der Waals surface area contributed by atoms with E-state index in [9.17, 15) is 4.79 Å². The molecule has 0 aliphatic carbocycles. The molecule has 1 N–H and O–H groups in total. The number of amides is 1. The molecule has 0 spiro atoms. The van der Waals surface area contributed by atoms with Gasteiger partial charge in [0, 0.05) is 11.4 Å². The van der Waals surface area contributed by atoms with E-state index < -0.39 is 0 Å². The Morgan fingerprint density at radius 1 is 1.33 bits per heavy atom. The first kappa shape index (κ1) is 12.2. The first-order valence-electron chi connectivity index (χ1n) is 5.58. The van der Waals surface area contributed by atoms with Crippen molar-refractivity contribution in [3.8, 4) is 0 Å². The van der Waals surface area contributed by atoms with Crippen LogP contribution >= 0.6 is 11.3 Å². The lowest BCUT2D eigenvalue weighted by Gasteiger charge is -2.02. The second-order valence-electron chi connectivity index (χ2n) is 3.73. The molecule has 0 aliphatic heterocycles. The Morgan fingerprint density at radius 3 is 2.73 bits per heavy atom. The van der Waals surface area contributed by atoms with Gasteiger partial charge in [0.2, 0.25) is 0 Å². The van der Waals surface area contributed by atoms with E-state index in [-0.39, 0.29) is 5.91 Å². The van der Waals surface area contributed by atoms with Crippen LogP contribution < -0.4 is 5.32 Å². The Kier molecular flexibility index (Phi) is 5.40. The second-order valence-corrected chi connectivity index (χ2v) is 5.01. The van der Waals surface area contributed by atoms with E-state index >= 15 is 0 Å². The molecule has 0 saturated heterocycles. The molecule has 0 fully saturated rings. The van der Waals surface area contributed by atoms with E-state index in [1.54, 1.807) is 11.3 Å². The summed E-state index contributed by atoms with van der Waals surface area (Å²) in [7, 11) is 0. The zero-order valence-electron chi connectivity index (χ0n) is 9.51. The molecule has 1 aromatic heterocycles. The lowest BCUT2D eigenvalue weighted by atomic mass is 10.2. The standard InChI is InChI=1S/C12H19NOS/c1-3-4-5-6-9-13-12(14)11-8-7-10(2)15-11/h7-8H,3-6,9H2,1-2H3,(H,13,14). The van der Waals surface area contributed by atoms with Crippen molar-refractivity contribution in [3.63, 3.8) is 0 Å². The third kappa shape index (κ3) is 4.47. The largest absolute Gasteiger partial charge is 0.351 e. The molecule has 1 heterocycles. The van der Waals surface area contributed by atoms with Crippen molar-refractivity contribution in [2.45, 2.75) is 39.5 Å². The van der Waals surface area contributed by atoms with Crippen LogP contribution in [-0.4, -0.2) is 12.5 Å². The van der Waals surface area contributed by atoms with Crippen molar-refractivity contribution in [2.75, 3.05) is 6.54 Å². The fourth-order valence-electron chi connectivity index (χ4n) is 1.40. The maximum atomic E-state index is 11.6. The van der Waals surface area contributed by atoms with Crippen LogP contribution in [0.2, 0.25) is 0 Å². The number of hydrogen-bond acceptors (Lipinski definition) is 2. The molecule has 0 unspecified atom stereocenters. The average molecular weight is 225 g/mol. The van der Waals surface area contributed by atoms with E-state index in [4.69, 9.17) is 0 Å². The molecule has 0 aliphatic rings. The summed E-state index contributed by atoms with van der Waals surface area (Å²) in [6.07, 6.45) is 4.79. The molecule has 0 bridgehead atoms. The van der Waals surface area contributed by atoms with Gasteiger partial charge in [-0.05, 0) is 25.5 Å². The number of hydrogen-bond donors (Lipinski definition) is 1. The van der Waals surface area contributed by atoms with Gasteiger partial charge in [-0.2, -0.15) is 0 Å². The predicted molar refractivity (Wildman–Crippen MR) is 65.5 cm³/mol. The molecular weight excluding hydrogens is 206 g/mol. The number of unbranched alkanes of at least 4 members (excludes halogenated alkanes) is 3. The first-order chi connectivity index (χ1) is 7.24. The Labute approximate surface area is 95.7 Å². The number of carbonyl (C=O) groups excluding carboxylic acids is 1. The van der Waals surface area contributed by atoms with Crippen LogP contribution in [0.25, 0.3) is 0 Å². The van der Waals surface area contributed by atoms with Gasteiger partial charge in [0.1, 0.15) is 0 Å². The van der Waals surface area contributed by atoms with Gasteiger partial charge < -0.3 is 5.32 Å². The minimum atomic E-state index is 0.0737. The van der Waals surface area contributed by atoms with E-state index in [0.717, 1.165) is 17.8 Å². The van der Waals surface area contributed by atoms with Crippen molar-refractivity contribution in [1.29, 1.82) is 0 Å². The lowest BCUT2D eigenvalue weighted by molar-refractivity contribution is 0.0957. The molecule has 2 nitrogen and oxygen atoms in total. The van der Waals surface area contributed by atoms with Gasteiger partial charge in [-0.3, -0.25) is 4.79 Å². The van der Waals surface area contributed by atoms with E-state index in [0.29, 0.717) is 0 Å². The van der Waals surface area contributed by atoms with Crippen LogP contribution in [0.4, 0.5) is 0 Å². The summed E-state index contributed by atoms with van der Waals surface area (Å²) in [5.41, 5.74) is 0. The quantitative estimate of drug-likeness (QED) is 0.739. The summed E-state index contributed by atoms with van der Waals surface area (Å²) >= 11 is 1.55. The van der Waals surface area contributed by atoms with Gasteiger partial charge in [0.05, 0.1) is 4.88 Å². The van der Waals surface area contributed by atoms with Crippen LogP contribution in [0.15, 0.2) is 12.1 Å². The van der Waals surface area contributed by atoms with E-state index in [2.05, 4.69) is 12.2 Å². The lowest BCUT2D eigenvalue weighted by Crippen LogP contribution is -2.23. The highest BCUT2D eigenvalue weighted by Gasteiger charge is 2.06. The van der Waals surface area contributed by atoms with Crippen molar-refractivity contribution < 1.29 is 4.79 Å². The topological polar surface area (TPSA) is 29.1 Å². The van der Waals surface area contributed by atoms with E-state index in [1.807, 2.05) is 19.1 Å². The summed E-state index contributed by atoms with van der Waals surface area (Å²) in [6.45, 7) is 5.01. The zero-order valence-corrected chi connectivity index (χ0v) is 10.3. The minimum absolute atomic E-state index is 0.0737. The average Bonchev–Trinajstić information content (AvgIpc) is 2.64. The maximum absolute atomic E-state index is 11.6. The van der Waals surface area contributed by atoms with Crippen molar-refractivity contribution in [1.82, 2.24) is 5.32 Å². The highest BCUT2D eigenvalue weighted by Crippen LogP contribution is 2.14. The summed E-state index contributed by atoms with van der Waals surface area (Å²) in [5, 5.41) is 2.94. The van der Waals surface area contributed by atoms with Crippen molar-refractivity contribution in [2.24, 2.45) is 0 Å². The second kappa shape index (κ2) is 6.62. The number of nitrogens with one attached hydrogen (secondary N) is 1. The Bertz CT molecular complexity index is 306.